The second-order valence-electron chi connectivity index (χ2n) is 2.49. The highest BCUT2D eigenvalue weighted by molar-refractivity contribution is 9.10. The van der Waals surface area contributed by atoms with E-state index in [0.29, 0.717) is 11.3 Å². The summed E-state index contributed by atoms with van der Waals surface area (Å²) in [5.41, 5.74) is 0.557. The summed E-state index contributed by atoms with van der Waals surface area (Å²) in [7, 11) is 1.46. The molecule has 1 aromatic carbocycles. The van der Waals surface area contributed by atoms with Crippen LogP contribution in [0.1, 0.15) is 5.56 Å². The summed E-state index contributed by atoms with van der Waals surface area (Å²) in [4.78, 5) is 10.3. The Morgan fingerprint density at radius 2 is 2.31 bits per heavy atom. The SMILES string of the molecule is COc1cc(Br)cc(CC=O)c1O. The number of carbonyl (C=O) groups is 1. The number of benzene rings is 1. The van der Waals surface area contributed by atoms with E-state index in [0.717, 1.165) is 10.8 Å². The first-order chi connectivity index (χ1) is 6.19. The average molecular weight is 245 g/mol. The van der Waals surface area contributed by atoms with E-state index in [-0.39, 0.29) is 12.2 Å². The molecule has 0 heterocycles. The van der Waals surface area contributed by atoms with Gasteiger partial charge in [-0.2, -0.15) is 0 Å². The van der Waals surface area contributed by atoms with Gasteiger partial charge in [-0.15, -0.1) is 0 Å². The molecule has 1 aromatic rings. The minimum absolute atomic E-state index is 0.0257. The van der Waals surface area contributed by atoms with Crippen LogP contribution < -0.4 is 4.74 Å². The van der Waals surface area contributed by atoms with Crippen LogP contribution in [0.4, 0.5) is 0 Å². The molecule has 0 saturated carbocycles. The Morgan fingerprint density at radius 1 is 1.62 bits per heavy atom. The molecular weight excluding hydrogens is 236 g/mol. The van der Waals surface area contributed by atoms with Gasteiger partial charge in [0.25, 0.3) is 0 Å². The van der Waals surface area contributed by atoms with E-state index in [1.165, 1.54) is 7.11 Å². The molecule has 0 atom stereocenters. The van der Waals surface area contributed by atoms with E-state index < -0.39 is 0 Å². The van der Waals surface area contributed by atoms with Crippen molar-refractivity contribution in [2.45, 2.75) is 6.42 Å². The molecule has 0 amide bonds. The first-order valence-electron chi connectivity index (χ1n) is 3.68. The molecular formula is C9H9BrO3. The minimum atomic E-state index is 0.0257. The molecule has 0 aromatic heterocycles. The van der Waals surface area contributed by atoms with Crippen molar-refractivity contribution >= 4 is 22.2 Å². The largest absolute Gasteiger partial charge is 0.504 e. The number of methoxy groups -OCH3 is 1. The number of carbonyl (C=O) groups excluding carboxylic acids is 1. The lowest BCUT2D eigenvalue weighted by Crippen LogP contribution is -1.91. The summed E-state index contributed by atoms with van der Waals surface area (Å²) >= 11 is 3.25. The fourth-order valence-electron chi connectivity index (χ4n) is 1.03. The van der Waals surface area contributed by atoms with Gasteiger partial charge in [-0.3, -0.25) is 0 Å². The van der Waals surface area contributed by atoms with Crippen LogP contribution in [0.5, 0.6) is 11.5 Å². The number of phenolic OH excluding ortho intramolecular Hbond substituents is 1. The zero-order chi connectivity index (χ0) is 9.84. The average Bonchev–Trinajstić information content (AvgIpc) is 2.11. The molecule has 0 fully saturated rings. The van der Waals surface area contributed by atoms with Gasteiger partial charge in [0.2, 0.25) is 0 Å². The van der Waals surface area contributed by atoms with Crippen LogP contribution in [0.15, 0.2) is 16.6 Å². The van der Waals surface area contributed by atoms with Crippen molar-refractivity contribution in [3.8, 4) is 11.5 Å². The molecule has 13 heavy (non-hydrogen) atoms. The lowest BCUT2D eigenvalue weighted by molar-refractivity contribution is -0.107. The molecule has 1 N–H and O–H groups in total. The van der Waals surface area contributed by atoms with E-state index in [4.69, 9.17) is 4.74 Å². The molecule has 1 rings (SSSR count). The van der Waals surface area contributed by atoms with Gasteiger partial charge in [-0.05, 0) is 12.1 Å². The predicted molar refractivity (Wildman–Crippen MR) is 52.1 cm³/mol. The maximum atomic E-state index is 10.3. The molecule has 3 nitrogen and oxygen atoms in total. The van der Waals surface area contributed by atoms with Crippen LogP contribution in [-0.4, -0.2) is 18.5 Å². The van der Waals surface area contributed by atoms with Gasteiger partial charge in [0.15, 0.2) is 11.5 Å². The monoisotopic (exact) mass is 244 g/mol. The third kappa shape index (κ3) is 2.21. The van der Waals surface area contributed by atoms with Gasteiger partial charge in [0, 0.05) is 16.5 Å². The van der Waals surface area contributed by atoms with E-state index >= 15 is 0 Å². The normalized spacial score (nSPS) is 9.69. The number of aromatic hydroxyl groups is 1. The van der Waals surface area contributed by atoms with E-state index in [1.807, 2.05) is 0 Å². The quantitative estimate of drug-likeness (QED) is 0.827. The summed E-state index contributed by atoms with van der Waals surface area (Å²) in [6.45, 7) is 0. The molecule has 70 valence electrons. The number of hydrogen-bond donors (Lipinski definition) is 1. The first-order valence-corrected chi connectivity index (χ1v) is 4.47. The van der Waals surface area contributed by atoms with Crippen molar-refractivity contribution in [2.75, 3.05) is 7.11 Å². The smallest absolute Gasteiger partial charge is 0.161 e. The maximum Gasteiger partial charge on any atom is 0.161 e. The number of hydrogen-bond acceptors (Lipinski definition) is 3. The molecule has 0 spiro atoms. The van der Waals surface area contributed by atoms with Crippen molar-refractivity contribution < 1.29 is 14.6 Å². The van der Waals surface area contributed by atoms with Crippen LogP contribution in [-0.2, 0) is 11.2 Å². The number of aldehydes is 1. The molecule has 0 aliphatic carbocycles. The summed E-state index contributed by atoms with van der Waals surface area (Å²) in [5, 5.41) is 9.54. The molecule has 0 aliphatic heterocycles. The Bertz CT molecular complexity index is 323. The van der Waals surface area contributed by atoms with Gasteiger partial charge in [0.05, 0.1) is 7.11 Å². The number of rotatable bonds is 3. The molecule has 4 heteroatoms. The Balaban J connectivity index is 3.18. The maximum absolute atomic E-state index is 10.3. The third-order valence-electron chi connectivity index (χ3n) is 1.64. The second-order valence-corrected chi connectivity index (χ2v) is 3.40. The van der Waals surface area contributed by atoms with Gasteiger partial charge in [-0.1, -0.05) is 15.9 Å². The molecule has 0 bridgehead atoms. The van der Waals surface area contributed by atoms with Gasteiger partial charge < -0.3 is 14.6 Å². The first kappa shape index (κ1) is 10.1. The van der Waals surface area contributed by atoms with E-state index in [1.54, 1.807) is 12.1 Å². The van der Waals surface area contributed by atoms with Crippen LogP contribution in [0.3, 0.4) is 0 Å². The zero-order valence-corrected chi connectivity index (χ0v) is 8.67. The summed E-state index contributed by atoms with van der Waals surface area (Å²) in [5.74, 6) is 0.393. The van der Waals surface area contributed by atoms with Crippen LogP contribution >= 0.6 is 15.9 Å². The summed E-state index contributed by atoms with van der Waals surface area (Å²) < 4.78 is 5.69. The Hall–Kier alpha value is -1.03. The topological polar surface area (TPSA) is 46.5 Å². The number of ether oxygens (including phenoxy) is 1. The summed E-state index contributed by atoms with van der Waals surface area (Å²) in [6, 6.07) is 3.33. The predicted octanol–water partition coefficient (Wildman–Crippen LogP) is 1.90. The lowest BCUT2D eigenvalue weighted by atomic mass is 10.1. The molecule has 0 saturated heterocycles. The van der Waals surface area contributed by atoms with Crippen molar-refractivity contribution in [3.05, 3.63) is 22.2 Å². The third-order valence-corrected chi connectivity index (χ3v) is 2.10. The zero-order valence-electron chi connectivity index (χ0n) is 7.08. The van der Waals surface area contributed by atoms with Gasteiger partial charge in [-0.25, -0.2) is 0 Å². The Morgan fingerprint density at radius 3 is 2.85 bits per heavy atom. The molecule has 0 radical (unpaired) electrons. The van der Waals surface area contributed by atoms with Crippen molar-refractivity contribution in [1.29, 1.82) is 0 Å². The highest BCUT2D eigenvalue weighted by atomic mass is 79.9. The van der Waals surface area contributed by atoms with Crippen molar-refractivity contribution in [3.63, 3.8) is 0 Å². The Kier molecular flexibility index (Phi) is 3.31. The van der Waals surface area contributed by atoms with Crippen molar-refractivity contribution in [1.82, 2.24) is 0 Å². The van der Waals surface area contributed by atoms with E-state index in [9.17, 15) is 9.90 Å². The fourth-order valence-corrected chi connectivity index (χ4v) is 1.51. The highest BCUT2D eigenvalue weighted by Gasteiger charge is 2.08. The lowest BCUT2D eigenvalue weighted by Gasteiger charge is -2.07. The summed E-state index contributed by atoms with van der Waals surface area (Å²) in [6.07, 6.45) is 0.919. The van der Waals surface area contributed by atoms with Gasteiger partial charge in [0.1, 0.15) is 6.29 Å². The van der Waals surface area contributed by atoms with Crippen molar-refractivity contribution in [2.24, 2.45) is 0 Å². The number of phenols is 1. The second kappa shape index (κ2) is 4.28. The van der Waals surface area contributed by atoms with Crippen LogP contribution in [0, 0.1) is 0 Å². The Labute approximate surface area is 84.5 Å². The number of halogens is 1. The minimum Gasteiger partial charge on any atom is -0.504 e. The van der Waals surface area contributed by atoms with Gasteiger partial charge >= 0.3 is 0 Å². The highest BCUT2D eigenvalue weighted by Crippen LogP contribution is 2.33. The van der Waals surface area contributed by atoms with Crippen LogP contribution in [0.2, 0.25) is 0 Å². The molecule has 0 aliphatic rings. The van der Waals surface area contributed by atoms with E-state index in [2.05, 4.69) is 15.9 Å². The molecule has 0 unspecified atom stereocenters. The standard InChI is InChI=1S/C9H9BrO3/c1-13-8-5-7(10)4-6(2-3-11)9(8)12/h3-5,12H,2H2,1H3. The fraction of sp³-hybridized carbons (Fsp3) is 0.222. The van der Waals surface area contributed by atoms with Crippen LogP contribution in [0.25, 0.3) is 0 Å².